The lowest BCUT2D eigenvalue weighted by atomic mass is 10.1. The molecular weight excluding hydrogens is 394 g/mol. The van der Waals surface area contributed by atoms with Gasteiger partial charge in [0.25, 0.3) is 0 Å². The van der Waals surface area contributed by atoms with Crippen LogP contribution in [0.1, 0.15) is 22.4 Å². The van der Waals surface area contributed by atoms with Crippen LogP contribution in [-0.4, -0.2) is 55.7 Å². The minimum absolute atomic E-state index is 0.748. The van der Waals surface area contributed by atoms with Crippen LogP contribution in [0, 0.1) is 13.8 Å². The Morgan fingerprint density at radius 1 is 1.10 bits per heavy atom. The van der Waals surface area contributed by atoms with Crippen molar-refractivity contribution in [2.75, 3.05) is 44.7 Å². The van der Waals surface area contributed by atoms with Gasteiger partial charge in [0.1, 0.15) is 5.75 Å². The third-order valence-electron chi connectivity index (χ3n) is 5.94. The Morgan fingerprint density at radius 2 is 1.87 bits per heavy atom. The van der Waals surface area contributed by atoms with Crippen molar-refractivity contribution in [2.45, 2.75) is 20.3 Å². The number of hydrogen-bond acceptors (Lipinski definition) is 6. The van der Waals surface area contributed by atoms with Gasteiger partial charge in [0, 0.05) is 43.8 Å². The summed E-state index contributed by atoms with van der Waals surface area (Å²) in [6.07, 6.45) is 0.748. The Balaban J connectivity index is 1.39. The quantitative estimate of drug-likeness (QED) is 0.347. The predicted molar refractivity (Wildman–Crippen MR) is 126 cm³/mol. The zero-order chi connectivity index (χ0) is 21.1. The van der Waals surface area contributed by atoms with E-state index in [0.29, 0.717) is 0 Å². The molecule has 6 heteroatoms. The van der Waals surface area contributed by atoms with Crippen molar-refractivity contribution in [3.8, 4) is 5.75 Å². The summed E-state index contributed by atoms with van der Waals surface area (Å²) in [6, 6.07) is 14.7. The Labute approximate surface area is 182 Å². The van der Waals surface area contributed by atoms with Gasteiger partial charge in [0.15, 0.2) is 0 Å². The van der Waals surface area contributed by atoms with Crippen LogP contribution in [0.3, 0.4) is 0 Å². The van der Waals surface area contributed by atoms with Crippen LogP contribution in [0.15, 0.2) is 47.6 Å². The topological polar surface area (TPSA) is 48.3 Å². The Bertz CT molecular complexity index is 1050. The lowest BCUT2D eigenvalue weighted by molar-refractivity contribution is 0.262. The molecule has 0 saturated carbocycles. The first kappa shape index (κ1) is 20.7. The first-order valence-electron chi connectivity index (χ1n) is 10.4. The molecule has 4 rings (SSSR count). The van der Waals surface area contributed by atoms with Crippen molar-refractivity contribution >= 4 is 32.8 Å². The summed E-state index contributed by atoms with van der Waals surface area (Å²) in [5, 5.41) is 14.7. The van der Waals surface area contributed by atoms with Gasteiger partial charge < -0.3 is 14.8 Å². The third kappa shape index (κ3) is 4.16. The number of thiophene rings is 1. The molecule has 1 aliphatic heterocycles. The molecule has 2 heterocycles. The van der Waals surface area contributed by atoms with Gasteiger partial charge in [-0.15, -0.1) is 11.3 Å². The smallest absolute Gasteiger partial charge is 0.142 e. The summed E-state index contributed by atoms with van der Waals surface area (Å²) < 4.78 is 6.76. The van der Waals surface area contributed by atoms with Gasteiger partial charge in [-0.3, -0.25) is 4.90 Å². The fraction of sp³-hybridized carbons (Fsp3) is 0.375. The first-order valence-corrected chi connectivity index (χ1v) is 11.2. The normalized spacial score (nSPS) is 15.7. The lowest BCUT2D eigenvalue weighted by Crippen LogP contribution is -2.47. The van der Waals surface area contributed by atoms with Gasteiger partial charge >= 0.3 is 0 Å². The zero-order valence-corrected chi connectivity index (χ0v) is 18.7. The Morgan fingerprint density at radius 3 is 2.60 bits per heavy atom. The molecule has 0 bridgehead atoms. The molecule has 1 fully saturated rings. The summed E-state index contributed by atoms with van der Waals surface area (Å²) in [6.45, 7) is 9.04. The predicted octanol–water partition coefficient (Wildman–Crippen LogP) is 4.92. The van der Waals surface area contributed by atoms with E-state index in [0.717, 1.165) is 61.2 Å². The highest BCUT2D eigenvalue weighted by atomic mass is 32.1. The second-order valence-electron chi connectivity index (χ2n) is 7.85. The molecule has 1 aromatic heterocycles. The third-order valence-corrected chi connectivity index (χ3v) is 7.26. The highest BCUT2D eigenvalue weighted by molar-refractivity contribution is 7.21. The van der Waals surface area contributed by atoms with E-state index in [-0.39, 0.29) is 0 Å². The number of aryl methyl sites for hydroxylation is 2. The standard InChI is InChI=1S/C24H29N3O2S/c1-17-8-9-23-19(16-17)18(2)24(30-23)20(25-28)10-11-26-12-14-27(15-13-26)21-6-4-5-7-22(21)29-3/h4-9,16,28H,10-15H2,1-3H3. The summed E-state index contributed by atoms with van der Waals surface area (Å²) in [4.78, 5) is 5.93. The SMILES string of the molecule is COc1ccccc1N1CCN(CCC(=NO)c2sc3ccc(C)cc3c2C)CC1. The summed E-state index contributed by atoms with van der Waals surface area (Å²) >= 11 is 1.72. The maximum atomic E-state index is 9.72. The van der Waals surface area contributed by atoms with Crippen molar-refractivity contribution < 1.29 is 9.94 Å². The lowest BCUT2D eigenvalue weighted by Gasteiger charge is -2.36. The van der Waals surface area contributed by atoms with Crippen molar-refractivity contribution in [1.29, 1.82) is 0 Å². The van der Waals surface area contributed by atoms with E-state index < -0.39 is 0 Å². The highest BCUT2D eigenvalue weighted by Crippen LogP contribution is 2.33. The van der Waals surface area contributed by atoms with Crippen LogP contribution in [0.5, 0.6) is 5.75 Å². The number of benzene rings is 2. The van der Waals surface area contributed by atoms with Crippen molar-refractivity contribution in [2.24, 2.45) is 5.16 Å². The fourth-order valence-corrected chi connectivity index (χ4v) is 5.39. The minimum Gasteiger partial charge on any atom is -0.495 e. The van der Waals surface area contributed by atoms with Crippen LogP contribution >= 0.6 is 11.3 Å². The van der Waals surface area contributed by atoms with Crippen LogP contribution in [-0.2, 0) is 0 Å². The number of oxime groups is 1. The molecule has 0 spiro atoms. The molecule has 158 valence electrons. The van der Waals surface area contributed by atoms with E-state index in [2.05, 4.69) is 59.1 Å². The van der Waals surface area contributed by atoms with Gasteiger partial charge in [-0.1, -0.05) is 35.0 Å². The molecule has 0 radical (unpaired) electrons. The number of fused-ring (bicyclic) bond motifs is 1. The Kier molecular flexibility index (Phi) is 6.25. The second-order valence-corrected chi connectivity index (χ2v) is 8.91. The highest BCUT2D eigenvalue weighted by Gasteiger charge is 2.21. The van der Waals surface area contributed by atoms with E-state index >= 15 is 0 Å². The molecule has 0 aliphatic carbocycles. The molecule has 1 aliphatic rings. The molecule has 3 aromatic rings. The number of nitrogens with zero attached hydrogens (tertiary/aromatic N) is 3. The molecular formula is C24H29N3O2S. The molecule has 5 nitrogen and oxygen atoms in total. The minimum atomic E-state index is 0.748. The molecule has 0 unspecified atom stereocenters. The van der Waals surface area contributed by atoms with Gasteiger partial charge in [-0.05, 0) is 43.0 Å². The molecule has 2 aromatic carbocycles. The van der Waals surface area contributed by atoms with Gasteiger partial charge in [-0.25, -0.2) is 0 Å². The van der Waals surface area contributed by atoms with E-state index in [1.807, 2.05) is 12.1 Å². The number of piperazine rings is 1. The average molecular weight is 424 g/mol. The monoisotopic (exact) mass is 423 g/mol. The van der Waals surface area contributed by atoms with Crippen molar-refractivity contribution in [3.05, 3.63) is 58.5 Å². The first-order chi connectivity index (χ1) is 14.6. The maximum absolute atomic E-state index is 9.72. The molecule has 1 N–H and O–H groups in total. The largest absolute Gasteiger partial charge is 0.495 e. The number of rotatable bonds is 6. The van der Waals surface area contributed by atoms with Crippen molar-refractivity contribution in [1.82, 2.24) is 4.90 Å². The maximum Gasteiger partial charge on any atom is 0.142 e. The molecule has 30 heavy (non-hydrogen) atoms. The summed E-state index contributed by atoms with van der Waals surface area (Å²) in [5.74, 6) is 0.927. The number of ether oxygens (including phenoxy) is 1. The molecule has 1 saturated heterocycles. The van der Waals surface area contributed by atoms with Crippen molar-refractivity contribution in [3.63, 3.8) is 0 Å². The van der Waals surface area contributed by atoms with Crippen LogP contribution in [0.2, 0.25) is 0 Å². The van der Waals surface area contributed by atoms with Crippen LogP contribution < -0.4 is 9.64 Å². The van der Waals surface area contributed by atoms with E-state index in [1.54, 1.807) is 18.4 Å². The fourth-order valence-electron chi connectivity index (χ4n) is 4.19. The zero-order valence-electron chi connectivity index (χ0n) is 17.9. The summed E-state index contributed by atoms with van der Waals surface area (Å²) in [5.41, 5.74) is 4.42. The summed E-state index contributed by atoms with van der Waals surface area (Å²) in [7, 11) is 1.72. The number of hydrogen-bond donors (Lipinski definition) is 1. The number of para-hydroxylation sites is 2. The van der Waals surface area contributed by atoms with E-state index in [9.17, 15) is 5.21 Å². The molecule has 0 amide bonds. The van der Waals surface area contributed by atoms with E-state index in [1.165, 1.54) is 21.2 Å². The van der Waals surface area contributed by atoms with Gasteiger partial charge in [0.2, 0.25) is 0 Å². The Hall–Kier alpha value is -2.57. The van der Waals surface area contributed by atoms with E-state index in [4.69, 9.17) is 4.74 Å². The van der Waals surface area contributed by atoms with Gasteiger partial charge in [0.05, 0.1) is 23.4 Å². The van der Waals surface area contributed by atoms with Crippen LogP contribution in [0.4, 0.5) is 5.69 Å². The second kappa shape index (κ2) is 9.06. The van der Waals surface area contributed by atoms with Crippen LogP contribution in [0.25, 0.3) is 10.1 Å². The molecule has 0 atom stereocenters. The average Bonchev–Trinajstić information content (AvgIpc) is 3.10. The van der Waals surface area contributed by atoms with Gasteiger partial charge in [-0.2, -0.15) is 0 Å². The number of anilines is 1. The number of methoxy groups -OCH3 is 1.